The number of nitrogens with zero attached hydrogens (tertiary/aromatic N) is 3. The molecule has 0 bridgehead atoms. The van der Waals surface area contributed by atoms with Crippen LogP contribution in [0.4, 0.5) is 28.0 Å². The highest BCUT2D eigenvalue weighted by molar-refractivity contribution is 5.92. The zero-order chi connectivity index (χ0) is 33.9. The number of carboxylic acid groups (broad SMARTS) is 1. The summed E-state index contributed by atoms with van der Waals surface area (Å²) >= 11 is 0. The summed E-state index contributed by atoms with van der Waals surface area (Å²) in [6.45, 7) is 1.98. The number of halogens is 4. The highest BCUT2D eigenvalue weighted by Crippen LogP contribution is 2.32. The van der Waals surface area contributed by atoms with Gasteiger partial charge in [-0.15, -0.1) is 0 Å². The van der Waals surface area contributed by atoms with Crippen LogP contribution in [-0.2, 0) is 16.0 Å². The van der Waals surface area contributed by atoms with Crippen LogP contribution in [0.5, 0.6) is 0 Å². The van der Waals surface area contributed by atoms with E-state index in [9.17, 15) is 27.9 Å². The van der Waals surface area contributed by atoms with Gasteiger partial charge in [0, 0.05) is 24.0 Å². The van der Waals surface area contributed by atoms with Gasteiger partial charge in [0.05, 0.1) is 48.4 Å². The Kier molecular flexibility index (Phi) is 9.40. The van der Waals surface area contributed by atoms with Crippen LogP contribution in [0, 0.1) is 30.2 Å². The topological polar surface area (TPSA) is 120 Å². The molecule has 5 aromatic rings. The van der Waals surface area contributed by atoms with Gasteiger partial charge in [-0.3, -0.25) is 14.7 Å². The van der Waals surface area contributed by atoms with Crippen molar-refractivity contribution in [3.8, 4) is 0 Å². The molecule has 1 saturated heterocycles. The molecule has 48 heavy (non-hydrogen) atoms. The molecule has 3 atom stereocenters. The van der Waals surface area contributed by atoms with E-state index in [1.165, 1.54) is 35.4 Å². The van der Waals surface area contributed by atoms with Crippen LogP contribution < -0.4 is 5.32 Å². The number of hydrogen-bond acceptors (Lipinski definition) is 5. The number of anilines is 1. The van der Waals surface area contributed by atoms with Gasteiger partial charge in [-0.2, -0.15) is 0 Å². The van der Waals surface area contributed by atoms with E-state index < -0.39 is 53.3 Å². The van der Waals surface area contributed by atoms with Crippen LogP contribution in [0.2, 0.25) is 0 Å². The number of amides is 2. The first-order valence-electron chi connectivity index (χ1n) is 15.2. The Labute approximate surface area is 272 Å². The van der Waals surface area contributed by atoms with Crippen LogP contribution >= 0.6 is 0 Å². The smallest absolute Gasteiger partial charge is 0.408 e. The maximum atomic E-state index is 15.1. The van der Waals surface area contributed by atoms with Crippen molar-refractivity contribution < 1.29 is 37.0 Å². The van der Waals surface area contributed by atoms with Crippen LogP contribution in [0.3, 0.4) is 0 Å². The molecule has 3 N–H and O–H groups in total. The Morgan fingerprint density at radius 3 is 2.48 bits per heavy atom. The number of aromatic nitrogens is 3. The Morgan fingerprint density at radius 2 is 1.75 bits per heavy atom. The average Bonchev–Trinajstić information content (AvgIpc) is 3.46. The molecule has 248 valence electrons. The Bertz CT molecular complexity index is 1950. The first-order chi connectivity index (χ1) is 23.0. The van der Waals surface area contributed by atoms with Crippen LogP contribution in [0.25, 0.3) is 11.0 Å². The number of imidazole rings is 1. The summed E-state index contributed by atoms with van der Waals surface area (Å²) in [5.74, 6) is -3.85. The molecule has 0 spiro atoms. The first-order valence-corrected chi connectivity index (χ1v) is 15.2. The van der Waals surface area contributed by atoms with E-state index >= 15 is 4.39 Å². The van der Waals surface area contributed by atoms with Crippen molar-refractivity contribution in [3.63, 3.8) is 0 Å². The fraction of sp³-hybridized carbons (Fsp3) is 0.257. The number of ether oxygens (including phenoxy) is 1. The maximum Gasteiger partial charge on any atom is 0.408 e. The largest absolute Gasteiger partial charge is 0.465 e. The summed E-state index contributed by atoms with van der Waals surface area (Å²) in [6.07, 6.45) is 0.565. The molecule has 3 heterocycles. The number of rotatable bonds is 9. The van der Waals surface area contributed by atoms with Crippen molar-refractivity contribution in [1.29, 1.82) is 0 Å². The van der Waals surface area contributed by atoms with Crippen molar-refractivity contribution in [3.05, 3.63) is 124 Å². The number of H-pyrrole nitrogens is 1. The van der Waals surface area contributed by atoms with Crippen LogP contribution in [0.15, 0.2) is 73.1 Å². The average molecular weight is 662 g/mol. The molecule has 6 rings (SSSR count). The van der Waals surface area contributed by atoms with Gasteiger partial charge in [-0.05, 0) is 72.9 Å². The third kappa shape index (κ3) is 7.31. The zero-order valence-corrected chi connectivity index (χ0v) is 25.7. The minimum absolute atomic E-state index is 0.00795. The molecule has 0 saturated carbocycles. The fourth-order valence-corrected chi connectivity index (χ4v) is 6.05. The third-order valence-corrected chi connectivity index (χ3v) is 8.43. The lowest BCUT2D eigenvalue weighted by molar-refractivity contribution is -0.116. The number of benzene rings is 3. The van der Waals surface area contributed by atoms with E-state index in [1.807, 2.05) is 25.1 Å². The lowest BCUT2D eigenvalue weighted by Gasteiger charge is -2.37. The molecule has 0 radical (unpaired) electrons. The minimum Gasteiger partial charge on any atom is -0.465 e. The zero-order valence-electron chi connectivity index (χ0n) is 25.7. The number of carbonyl (C=O) groups excluding carboxylic acids is 1. The standard InChI is InChI=1S/C35H31F4N5O4/c1-19-2-9-29-30(10-19)43-34(42-29)32-18-48-25(17-44(32)35(46)47)7-8-26-28(39)15-40-16-31(26)41-33(45)14-27(20-3-5-22(36)6-4-20)21-11-23(37)13-24(38)12-21/h2-6,9-13,15-16,25,27,32H,7-8,14,17-18H2,1H3,(H,41,45)(H,42,43)(H,46,47)/t25?,27-,32?/m0/s1. The van der Waals surface area contributed by atoms with E-state index in [2.05, 4.69) is 20.3 Å². The van der Waals surface area contributed by atoms with Gasteiger partial charge in [0.1, 0.15) is 35.1 Å². The van der Waals surface area contributed by atoms with E-state index in [-0.39, 0.29) is 49.2 Å². The third-order valence-electron chi connectivity index (χ3n) is 8.43. The SMILES string of the molecule is Cc1ccc2nc(C3COC(CCc4c(F)cncc4NC(=O)C[C@@H](c4ccc(F)cc4)c4cc(F)cc(F)c4)CN3C(=O)O)[nH]c2c1. The number of fused-ring (bicyclic) bond motifs is 1. The molecule has 13 heteroatoms. The molecular weight excluding hydrogens is 630 g/mol. The molecule has 1 aliphatic rings. The monoisotopic (exact) mass is 661 g/mol. The molecule has 1 fully saturated rings. The number of morpholine rings is 1. The second-order valence-electron chi connectivity index (χ2n) is 11.8. The van der Waals surface area contributed by atoms with Crippen molar-refractivity contribution in [2.45, 2.75) is 44.2 Å². The van der Waals surface area contributed by atoms with Gasteiger partial charge in [-0.25, -0.2) is 27.3 Å². The van der Waals surface area contributed by atoms with Gasteiger partial charge in [0.25, 0.3) is 0 Å². The molecule has 3 aromatic carbocycles. The van der Waals surface area contributed by atoms with Gasteiger partial charge < -0.3 is 20.1 Å². The number of hydrogen-bond donors (Lipinski definition) is 3. The number of aryl methyl sites for hydroxylation is 1. The summed E-state index contributed by atoms with van der Waals surface area (Å²) in [5.41, 5.74) is 3.35. The number of nitrogens with one attached hydrogen (secondary N) is 2. The number of pyridine rings is 1. The Balaban J connectivity index is 1.15. The summed E-state index contributed by atoms with van der Waals surface area (Å²) in [5, 5.41) is 12.7. The summed E-state index contributed by atoms with van der Waals surface area (Å²) in [4.78, 5) is 38.4. The van der Waals surface area contributed by atoms with Crippen LogP contribution in [-0.4, -0.2) is 56.2 Å². The lowest BCUT2D eigenvalue weighted by atomic mass is 9.88. The normalized spacial score (nSPS) is 17.0. The lowest BCUT2D eigenvalue weighted by Crippen LogP contribution is -2.47. The van der Waals surface area contributed by atoms with Crippen molar-refractivity contribution in [1.82, 2.24) is 19.9 Å². The first kappa shape index (κ1) is 32.6. The molecule has 2 unspecified atom stereocenters. The molecule has 9 nitrogen and oxygen atoms in total. The second kappa shape index (κ2) is 13.8. The Morgan fingerprint density at radius 1 is 1.00 bits per heavy atom. The molecular formula is C35H31F4N5O4. The number of carbonyl (C=O) groups is 2. The van der Waals surface area contributed by atoms with Crippen molar-refractivity contribution in [2.75, 3.05) is 18.5 Å². The van der Waals surface area contributed by atoms with Gasteiger partial charge in [0.2, 0.25) is 5.91 Å². The van der Waals surface area contributed by atoms with Crippen molar-refractivity contribution >= 4 is 28.7 Å². The van der Waals surface area contributed by atoms with E-state index in [1.54, 1.807) is 0 Å². The van der Waals surface area contributed by atoms with E-state index in [0.717, 1.165) is 29.4 Å². The maximum absolute atomic E-state index is 15.1. The highest BCUT2D eigenvalue weighted by atomic mass is 19.1. The molecule has 1 aliphatic heterocycles. The summed E-state index contributed by atoms with van der Waals surface area (Å²) < 4.78 is 63.0. The predicted octanol–water partition coefficient (Wildman–Crippen LogP) is 7.04. The van der Waals surface area contributed by atoms with Gasteiger partial charge in [-0.1, -0.05) is 18.2 Å². The number of aromatic amines is 1. The summed E-state index contributed by atoms with van der Waals surface area (Å²) in [7, 11) is 0. The van der Waals surface area contributed by atoms with E-state index in [4.69, 9.17) is 4.74 Å². The van der Waals surface area contributed by atoms with Crippen molar-refractivity contribution in [2.24, 2.45) is 0 Å². The molecule has 0 aliphatic carbocycles. The van der Waals surface area contributed by atoms with Gasteiger partial charge in [0.15, 0.2) is 0 Å². The molecule has 2 aromatic heterocycles. The quantitative estimate of drug-likeness (QED) is 0.146. The fourth-order valence-electron chi connectivity index (χ4n) is 6.05. The van der Waals surface area contributed by atoms with Crippen LogP contribution in [0.1, 0.15) is 52.9 Å². The molecule has 2 amide bonds. The van der Waals surface area contributed by atoms with E-state index in [0.29, 0.717) is 23.0 Å². The summed E-state index contributed by atoms with van der Waals surface area (Å²) in [6, 6.07) is 13.2. The van der Waals surface area contributed by atoms with Gasteiger partial charge >= 0.3 is 6.09 Å². The second-order valence-corrected chi connectivity index (χ2v) is 11.8. The Hall–Kier alpha value is -5.30. The highest BCUT2D eigenvalue weighted by Gasteiger charge is 2.35. The predicted molar refractivity (Wildman–Crippen MR) is 168 cm³/mol. The minimum atomic E-state index is -1.15.